The zero-order valence-corrected chi connectivity index (χ0v) is 7.14. The van der Waals surface area contributed by atoms with Crippen molar-refractivity contribution in [3.8, 4) is 0 Å². The van der Waals surface area contributed by atoms with Gasteiger partial charge in [-0.15, -0.1) is 13.2 Å². The lowest BCUT2D eigenvalue weighted by molar-refractivity contribution is 0.472. The molecule has 0 aromatic carbocycles. The van der Waals surface area contributed by atoms with E-state index in [0.717, 1.165) is 12.3 Å². The van der Waals surface area contributed by atoms with Crippen LogP contribution in [0.3, 0.4) is 0 Å². The number of hydrogen-bond acceptors (Lipinski definition) is 0. The summed E-state index contributed by atoms with van der Waals surface area (Å²) in [6.45, 7) is 11.9. The number of allylic oxidation sites excluding steroid dienone is 2. The quantitative estimate of drug-likeness (QED) is 0.511. The number of hydrogen-bond donors (Lipinski definition) is 0. The zero-order valence-electron chi connectivity index (χ0n) is 7.14. The second kappa shape index (κ2) is 5.28. The summed E-state index contributed by atoms with van der Waals surface area (Å²) >= 11 is 0. The van der Waals surface area contributed by atoms with E-state index < -0.39 is 0 Å². The van der Waals surface area contributed by atoms with Crippen LogP contribution in [0.15, 0.2) is 25.3 Å². The highest BCUT2D eigenvalue weighted by Gasteiger charge is 2.02. The third-order valence-corrected chi connectivity index (χ3v) is 1.75. The van der Waals surface area contributed by atoms with Crippen LogP contribution in [0.1, 0.15) is 26.7 Å². The maximum atomic E-state index is 3.75. The molecule has 0 saturated carbocycles. The van der Waals surface area contributed by atoms with Crippen molar-refractivity contribution in [2.24, 2.45) is 11.8 Å². The Morgan fingerprint density at radius 3 is 2.30 bits per heavy atom. The Hall–Kier alpha value is -0.520. The average molecular weight is 138 g/mol. The van der Waals surface area contributed by atoms with Gasteiger partial charge in [-0.2, -0.15) is 0 Å². The van der Waals surface area contributed by atoms with Crippen molar-refractivity contribution in [2.75, 3.05) is 0 Å². The molecule has 0 nitrogen and oxygen atoms in total. The van der Waals surface area contributed by atoms with Crippen LogP contribution >= 0.6 is 0 Å². The maximum absolute atomic E-state index is 3.75. The molecule has 2 unspecified atom stereocenters. The van der Waals surface area contributed by atoms with Crippen LogP contribution in [-0.2, 0) is 0 Å². The molecule has 58 valence electrons. The second-order valence-corrected chi connectivity index (χ2v) is 3.08. The van der Waals surface area contributed by atoms with E-state index in [9.17, 15) is 0 Å². The zero-order chi connectivity index (χ0) is 7.98. The smallest absolute Gasteiger partial charge is 0.0262 e. The highest BCUT2D eigenvalue weighted by atomic mass is 14.1. The summed E-state index contributed by atoms with van der Waals surface area (Å²) < 4.78 is 0. The molecular formula is C10H18. The molecule has 0 aliphatic carbocycles. The van der Waals surface area contributed by atoms with E-state index in [2.05, 4.69) is 27.0 Å². The van der Waals surface area contributed by atoms with Crippen LogP contribution in [0.4, 0.5) is 0 Å². The van der Waals surface area contributed by atoms with Gasteiger partial charge in [0, 0.05) is 0 Å². The van der Waals surface area contributed by atoms with Crippen LogP contribution in [0.2, 0.25) is 0 Å². The fourth-order valence-corrected chi connectivity index (χ4v) is 1.11. The molecule has 0 aliphatic heterocycles. The fraction of sp³-hybridized carbons (Fsp3) is 0.600. The second-order valence-electron chi connectivity index (χ2n) is 3.08. The van der Waals surface area contributed by atoms with Gasteiger partial charge in [0.05, 0.1) is 0 Å². The molecule has 0 bridgehead atoms. The lowest BCUT2D eigenvalue weighted by atomic mass is 9.95. The van der Waals surface area contributed by atoms with Crippen LogP contribution in [0.5, 0.6) is 0 Å². The molecule has 0 spiro atoms. The van der Waals surface area contributed by atoms with Crippen LogP contribution in [0, 0.1) is 11.8 Å². The minimum Gasteiger partial charge on any atom is -0.103 e. The number of rotatable bonds is 5. The Bertz CT molecular complexity index is 103. The van der Waals surface area contributed by atoms with Gasteiger partial charge in [0.2, 0.25) is 0 Å². The Balaban J connectivity index is 3.45. The SMILES string of the molecule is C=CCC(C)CC(C)C=C. The lowest BCUT2D eigenvalue weighted by Crippen LogP contribution is -1.98. The van der Waals surface area contributed by atoms with Crippen molar-refractivity contribution in [3.05, 3.63) is 25.3 Å². The largest absolute Gasteiger partial charge is 0.103 e. The molecule has 10 heavy (non-hydrogen) atoms. The lowest BCUT2D eigenvalue weighted by Gasteiger charge is -2.11. The summed E-state index contributed by atoms with van der Waals surface area (Å²) in [6, 6.07) is 0. The van der Waals surface area contributed by atoms with Crippen molar-refractivity contribution < 1.29 is 0 Å². The minimum atomic E-state index is 0.648. The molecule has 0 heteroatoms. The third kappa shape index (κ3) is 4.37. The molecule has 0 aliphatic rings. The van der Waals surface area contributed by atoms with Gasteiger partial charge < -0.3 is 0 Å². The van der Waals surface area contributed by atoms with Crippen molar-refractivity contribution in [2.45, 2.75) is 26.7 Å². The third-order valence-electron chi connectivity index (χ3n) is 1.75. The van der Waals surface area contributed by atoms with E-state index in [1.54, 1.807) is 0 Å². The van der Waals surface area contributed by atoms with Gasteiger partial charge >= 0.3 is 0 Å². The van der Waals surface area contributed by atoms with Crippen molar-refractivity contribution in [1.82, 2.24) is 0 Å². The standard InChI is InChI=1S/C10H18/c1-5-7-10(4)8-9(3)6-2/h5-6,9-10H,1-2,7-8H2,3-4H3. The monoisotopic (exact) mass is 138 g/mol. The van der Waals surface area contributed by atoms with Gasteiger partial charge in [0.15, 0.2) is 0 Å². The average Bonchev–Trinajstić information content (AvgIpc) is 1.88. The van der Waals surface area contributed by atoms with Crippen LogP contribution in [-0.4, -0.2) is 0 Å². The molecule has 2 atom stereocenters. The summed E-state index contributed by atoms with van der Waals surface area (Å²) in [5, 5.41) is 0. The van der Waals surface area contributed by atoms with Gasteiger partial charge in [-0.25, -0.2) is 0 Å². The molecule has 0 N–H and O–H groups in total. The summed E-state index contributed by atoms with van der Waals surface area (Å²) in [7, 11) is 0. The molecule has 0 amide bonds. The first-order chi connectivity index (χ1) is 4.70. The van der Waals surface area contributed by atoms with E-state index in [1.807, 2.05) is 12.2 Å². The predicted octanol–water partition coefficient (Wildman–Crippen LogP) is 3.41. The highest BCUT2D eigenvalue weighted by Crippen LogP contribution is 2.15. The molecule has 0 aromatic heterocycles. The van der Waals surface area contributed by atoms with Crippen molar-refractivity contribution >= 4 is 0 Å². The molecular weight excluding hydrogens is 120 g/mol. The van der Waals surface area contributed by atoms with Gasteiger partial charge in [-0.3, -0.25) is 0 Å². The Morgan fingerprint density at radius 2 is 1.90 bits per heavy atom. The van der Waals surface area contributed by atoms with E-state index in [1.165, 1.54) is 6.42 Å². The van der Waals surface area contributed by atoms with Gasteiger partial charge in [-0.1, -0.05) is 26.0 Å². The topological polar surface area (TPSA) is 0 Å². The van der Waals surface area contributed by atoms with Gasteiger partial charge in [-0.05, 0) is 24.7 Å². The molecule has 0 heterocycles. The maximum Gasteiger partial charge on any atom is -0.0262 e. The van der Waals surface area contributed by atoms with E-state index in [0.29, 0.717) is 5.92 Å². The van der Waals surface area contributed by atoms with E-state index in [4.69, 9.17) is 0 Å². The molecule has 0 saturated heterocycles. The first-order valence-corrected chi connectivity index (χ1v) is 3.94. The van der Waals surface area contributed by atoms with Crippen molar-refractivity contribution in [3.63, 3.8) is 0 Å². The molecule has 0 radical (unpaired) electrons. The summed E-state index contributed by atoms with van der Waals surface area (Å²) in [5.41, 5.74) is 0. The summed E-state index contributed by atoms with van der Waals surface area (Å²) in [4.78, 5) is 0. The van der Waals surface area contributed by atoms with E-state index >= 15 is 0 Å². The Labute approximate surface area is 64.6 Å². The minimum absolute atomic E-state index is 0.648. The van der Waals surface area contributed by atoms with Crippen LogP contribution < -0.4 is 0 Å². The highest BCUT2D eigenvalue weighted by molar-refractivity contribution is 4.79. The fourth-order valence-electron chi connectivity index (χ4n) is 1.11. The van der Waals surface area contributed by atoms with Crippen LogP contribution in [0.25, 0.3) is 0 Å². The van der Waals surface area contributed by atoms with Gasteiger partial charge in [0.25, 0.3) is 0 Å². The summed E-state index contributed by atoms with van der Waals surface area (Å²) in [5.74, 6) is 1.40. The van der Waals surface area contributed by atoms with Gasteiger partial charge in [0.1, 0.15) is 0 Å². The van der Waals surface area contributed by atoms with Crippen molar-refractivity contribution in [1.29, 1.82) is 0 Å². The Kier molecular flexibility index (Phi) is 5.00. The molecule has 0 aromatic rings. The normalized spacial score (nSPS) is 15.8. The first-order valence-electron chi connectivity index (χ1n) is 3.94. The predicted molar refractivity (Wildman–Crippen MR) is 48.0 cm³/mol. The summed E-state index contributed by atoms with van der Waals surface area (Å²) in [6.07, 6.45) is 6.35. The molecule has 0 rings (SSSR count). The Morgan fingerprint density at radius 1 is 1.30 bits per heavy atom. The first kappa shape index (κ1) is 9.48. The van der Waals surface area contributed by atoms with E-state index in [-0.39, 0.29) is 0 Å². The molecule has 0 fully saturated rings.